The van der Waals surface area contributed by atoms with Gasteiger partial charge in [0.15, 0.2) is 0 Å². The van der Waals surface area contributed by atoms with Gasteiger partial charge in [-0.2, -0.15) is 0 Å². The van der Waals surface area contributed by atoms with Crippen LogP contribution in [0.15, 0.2) is 48.7 Å². The van der Waals surface area contributed by atoms with Crippen LogP contribution >= 0.6 is 0 Å². The molecule has 1 heterocycles. The number of carbonyl (C=O) groups is 1. The summed E-state index contributed by atoms with van der Waals surface area (Å²) in [5.74, 6) is -0.0476. The number of aryl methyl sites for hydroxylation is 1. The minimum Gasteiger partial charge on any atom is -0.396 e. The molecule has 0 bridgehead atoms. The highest BCUT2D eigenvalue weighted by Gasteiger charge is 2.11. The van der Waals surface area contributed by atoms with Crippen LogP contribution in [-0.2, 0) is 19.4 Å². The first kappa shape index (κ1) is 17.9. The molecule has 2 amide bonds. The zero-order valence-electron chi connectivity index (χ0n) is 14.0. The second-order valence-electron chi connectivity index (χ2n) is 5.76. The first-order valence-electron chi connectivity index (χ1n) is 8.32. The molecule has 0 saturated carbocycles. The predicted octanol–water partition coefficient (Wildman–Crippen LogP) is 2.29. The molecule has 1 aromatic heterocycles. The van der Waals surface area contributed by atoms with Crippen LogP contribution in [0, 0.1) is 5.92 Å². The molecule has 0 spiro atoms. The van der Waals surface area contributed by atoms with E-state index in [-0.39, 0.29) is 18.6 Å². The zero-order valence-corrected chi connectivity index (χ0v) is 14.0. The van der Waals surface area contributed by atoms with Crippen molar-refractivity contribution >= 4 is 6.03 Å². The molecular formula is C19H25N3O2. The maximum atomic E-state index is 12.0. The maximum Gasteiger partial charge on any atom is 0.315 e. The monoisotopic (exact) mass is 327 g/mol. The van der Waals surface area contributed by atoms with Crippen LogP contribution in [0.4, 0.5) is 4.79 Å². The van der Waals surface area contributed by atoms with Gasteiger partial charge in [0, 0.05) is 37.5 Å². The van der Waals surface area contributed by atoms with Crippen LogP contribution in [0.3, 0.4) is 0 Å². The van der Waals surface area contributed by atoms with Crippen molar-refractivity contribution in [1.29, 1.82) is 0 Å². The number of rotatable bonds is 8. The number of nitrogens with one attached hydrogen (secondary N) is 2. The molecular weight excluding hydrogens is 302 g/mol. The highest BCUT2D eigenvalue weighted by atomic mass is 16.3. The van der Waals surface area contributed by atoms with Gasteiger partial charge in [-0.05, 0) is 36.1 Å². The molecule has 24 heavy (non-hydrogen) atoms. The molecule has 0 radical (unpaired) electrons. The van der Waals surface area contributed by atoms with Crippen molar-refractivity contribution in [2.75, 3.05) is 13.2 Å². The minimum atomic E-state index is -0.222. The number of nitrogens with zero attached hydrogens (tertiary/aromatic N) is 1. The minimum absolute atomic E-state index is 0.00945. The van der Waals surface area contributed by atoms with Gasteiger partial charge in [-0.25, -0.2) is 4.79 Å². The van der Waals surface area contributed by atoms with Gasteiger partial charge in [0.25, 0.3) is 0 Å². The largest absolute Gasteiger partial charge is 0.396 e. The van der Waals surface area contributed by atoms with Crippen LogP contribution in [0.25, 0.3) is 0 Å². The van der Waals surface area contributed by atoms with Crippen molar-refractivity contribution in [3.05, 3.63) is 65.5 Å². The molecule has 5 nitrogen and oxygen atoms in total. The third kappa shape index (κ3) is 5.66. The summed E-state index contributed by atoms with van der Waals surface area (Å²) in [4.78, 5) is 16.2. The Morgan fingerprint density at radius 1 is 1.12 bits per heavy atom. The molecule has 5 heteroatoms. The quantitative estimate of drug-likeness (QED) is 0.696. The van der Waals surface area contributed by atoms with Crippen molar-refractivity contribution in [2.45, 2.75) is 26.3 Å². The maximum absolute atomic E-state index is 12.0. The van der Waals surface area contributed by atoms with E-state index in [1.54, 1.807) is 6.20 Å². The average Bonchev–Trinajstić information content (AvgIpc) is 2.64. The van der Waals surface area contributed by atoms with Gasteiger partial charge in [-0.3, -0.25) is 4.98 Å². The summed E-state index contributed by atoms with van der Waals surface area (Å²) >= 11 is 0. The van der Waals surface area contributed by atoms with Gasteiger partial charge in [0.05, 0.1) is 0 Å². The molecule has 1 unspecified atom stereocenters. The third-order valence-electron chi connectivity index (χ3n) is 3.97. The molecule has 2 aromatic rings. The van der Waals surface area contributed by atoms with E-state index in [1.807, 2.05) is 36.4 Å². The normalized spacial score (nSPS) is 11.8. The summed E-state index contributed by atoms with van der Waals surface area (Å²) < 4.78 is 0. The number of pyridine rings is 1. The summed E-state index contributed by atoms with van der Waals surface area (Å²) in [6.07, 6.45) is 3.31. The summed E-state index contributed by atoms with van der Waals surface area (Å²) in [7, 11) is 0. The zero-order chi connectivity index (χ0) is 17.2. The van der Waals surface area contributed by atoms with E-state index < -0.39 is 0 Å². The van der Waals surface area contributed by atoms with E-state index in [9.17, 15) is 9.90 Å². The van der Waals surface area contributed by atoms with Crippen molar-refractivity contribution in [3.63, 3.8) is 0 Å². The van der Waals surface area contributed by atoms with Crippen molar-refractivity contribution in [1.82, 2.24) is 15.6 Å². The van der Waals surface area contributed by atoms with Gasteiger partial charge >= 0.3 is 6.03 Å². The first-order chi connectivity index (χ1) is 11.7. The van der Waals surface area contributed by atoms with Crippen LogP contribution < -0.4 is 10.6 Å². The second kappa shape index (κ2) is 9.67. The average molecular weight is 327 g/mol. The fraction of sp³-hybridized carbons (Fsp3) is 0.368. The van der Waals surface area contributed by atoms with Gasteiger partial charge < -0.3 is 15.7 Å². The highest BCUT2D eigenvalue weighted by Crippen LogP contribution is 2.09. The lowest BCUT2D eigenvalue weighted by Crippen LogP contribution is -2.39. The van der Waals surface area contributed by atoms with E-state index in [0.717, 1.165) is 17.7 Å². The lowest BCUT2D eigenvalue weighted by molar-refractivity contribution is 0.213. The van der Waals surface area contributed by atoms with Crippen LogP contribution in [0.1, 0.15) is 23.7 Å². The topological polar surface area (TPSA) is 74.2 Å². The Bertz CT molecular complexity index is 632. The second-order valence-corrected chi connectivity index (χ2v) is 5.76. The molecule has 3 N–H and O–H groups in total. The van der Waals surface area contributed by atoms with Gasteiger partial charge in [0.2, 0.25) is 0 Å². The third-order valence-corrected chi connectivity index (χ3v) is 3.97. The molecule has 128 valence electrons. The van der Waals surface area contributed by atoms with Gasteiger partial charge in [0.1, 0.15) is 0 Å². The Balaban J connectivity index is 1.77. The molecule has 2 rings (SSSR count). The predicted molar refractivity (Wildman–Crippen MR) is 94.6 cm³/mol. The number of carbonyl (C=O) groups excluding carboxylic acids is 1. The number of hydrogen-bond acceptors (Lipinski definition) is 3. The Morgan fingerprint density at radius 3 is 2.54 bits per heavy atom. The lowest BCUT2D eigenvalue weighted by Gasteiger charge is -2.15. The highest BCUT2D eigenvalue weighted by molar-refractivity contribution is 5.73. The smallest absolute Gasteiger partial charge is 0.315 e. The van der Waals surface area contributed by atoms with Crippen LogP contribution in [0.5, 0.6) is 0 Å². The standard InChI is InChI=1S/C19H25N3O2/c1-2-16-7-3-4-8-17(16)13-22-19(24)21-12-15(14-23)11-18-9-5-6-10-20-18/h3-10,15,23H,2,11-14H2,1H3,(H2,21,22,24). The lowest BCUT2D eigenvalue weighted by atomic mass is 10.0. The number of amides is 2. The number of benzene rings is 1. The molecule has 0 fully saturated rings. The molecule has 0 aliphatic heterocycles. The molecule has 1 atom stereocenters. The molecule has 0 aliphatic rings. The van der Waals surface area contributed by atoms with Crippen molar-refractivity contribution < 1.29 is 9.90 Å². The van der Waals surface area contributed by atoms with Crippen LogP contribution in [0.2, 0.25) is 0 Å². The summed E-state index contributed by atoms with van der Waals surface area (Å²) in [5.41, 5.74) is 3.28. The fourth-order valence-electron chi connectivity index (χ4n) is 2.57. The Morgan fingerprint density at radius 2 is 1.88 bits per heavy atom. The first-order valence-corrected chi connectivity index (χ1v) is 8.32. The summed E-state index contributed by atoms with van der Waals surface area (Å²) in [5, 5.41) is 15.2. The Kier molecular flexibility index (Phi) is 7.23. The van der Waals surface area contributed by atoms with E-state index in [1.165, 1.54) is 5.56 Å². The number of aliphatic hydroxyl groups is 1. The van der Waals surface area contributed by atoms with Gasteiger partial charge in [-0.1, -0.05) is 37.3 Å². The summed E-state index contributed by atoms with van der Waals surface area (Å²) in [6, 6.07) is 13.6. The van der Waals surface area contributed by atoms with Gasteiger partial charge in [-0.15, -0.1) is 0 Å². The number of aromatic nitrogens is 1. The number of hydrogen-bond donors (Lipinski definition) is 3. The SMILES string of the molecule is CCc1ccccc1CNC(=O)NCC(CO)Cc1ccccn1. The molecule has 0 aliphatic carbocycles. The van der Waals surface area contributed by atoms with E-state index in [2.05, 4.69) is 28.6 Å². The van der Waals surface area contributed by atoms with Crippen molar-refractivity contribution in [3.8, 4) is 0 Å². The van der Waals surface area contributed by atoms with E-state index >= 15 is 0 Å². The number of urea groups is 1. The molecule has 0 saturated heterocycles. The summed E-state index contributed by atoms with van der Waals surface area (Å²) in [6.45, 7) is 3.02. The van der Waals surface area contributed by atoms with Crippen LogP contribution in [-0.4, -0.2) is 29.3 Å². The van der Waals surface area contributed by atoms with E-state index in [0.29, 0.717) is 19.5 Å². The Hall–Kier alpha value is -2.40. The molecule has 1 aromatic carbocycles. The number of aliphatic hydroxyl groups excluding tert-OH is 1. The van der Waals surface area contributed by atoms with Crippen molar-refractivity contribution in [2.24, 2.45) is 5.92 Å². The fourth-order valence-corrected chi connectivity index (χ4v) is 2.57. The van der Waals surface area contributed by atoms with E-state index in [4.69, 9.17) is 0 Å². The Labute approximate surface area is 143 Å².